The molecule has 0 saturated heterocycles. The van der Waals surface area contributed by atoms with Crippen LogP contribution in [-0.2, 0) is 5.75 Å². The molecule has 0 aliphatic carbocycles. The van der Waals surface area contributed by atoms with Crippen LogP contribution in [0, 0.1) is 0 Å². The third-order valence-electron chi connectivity index (χ3n) is 2.26. The van der Waals surface area contributed by atoms with Crippen molar-refractivity contribution in [1.29, 1.82) is 0 Å². The average molecular weight is 285 g/mol. The lowest BCUT2D eigenvalue weighted by Gasteiger charge is -2.06. The highest BCUT2D eigenvalue weighted by molar-refractivity contribution is 7.98. The van der Waals surface area contributed by atoms with Crippen LogP contribution in [0.5, 0.6) is 5.75 Å². The number of benzene rings is 2. The zero-order chi connectivity index (χ0) is 12.3. The largest absolute Gasteiger partial charge is 0.507 e. The summed E-state index contributed by atoms with van der Waals surface area (Å²) in [6.45, 7) is 0. The summed E-state index contributed by atoms with van der Waals surface area (Å²) in [4.78, 5) is 0.846. The van der Waals surface area contributed by atoms with Crippen molar-refractivity contribution < 1.29 is 5.11 Å². The van der Waals surface area contributed by atoms with E-state index < -0.39 is 0 Å². The van der Waals surface area contributed by atoms with Crippen molar-refractivity contribution in [2.24, 2.45) is 0 Å². The van der Waals surface area contributed by atoms with E-state index in [4.69, 9.17) is 23.2 Å². The second kappa shape index (κ2) is 5.67. The molecule has 0 aromatic heterocycles. The first-order chi connectivity index (χ1) is 8.16. The Hall–Kier alpha value is -0.830. The molecule has 1 N–H and O–H groups in total. The minimum Gasteiger partial charge on any atom is -0.507 e. The van der Waals surface area contributed by atoms with E-state index in [1.165, 1.54) is 0 Å². The van der Waals surface area contributed by atoms with Crippen molar-refractivity contribution in [2.75, 3.05) is 0 Å². The Balaban J connectivity index is 2.10. The molecule has 0 heterocycles. The maximum atomic E-state index is 9.63. The molecule has 0 spiro atoms. The molecule has 4 heteroatoms. The van der Waals surface area contributed by atoms with Gasteiger partial charge in [-0.2, -0.15) is 0 Å². The van der Waals surface area contributed by atoms with Gasteiger partial charge in [-0.05, 0) is 29.8 Å². The number of phenolic OH excluding ortho intramolecular Hbond substituents is 1. The van der Waals surface area contributed by atoms with Gasteiger partial charge in [-0.3, -0.25) is 0 Å². The second-order valence-corrected chi connectivity index (χ2v) is 5.35. The lowest BCUT2D eigenvalue weighted by Crippen LogP contribution is -1.83. The number of para-hydroxylation sites is 1. The smallest absolute Gasteiger partial charge is 0.129 e. The quantitative estimate of drug-likeness (QED) is 0.801. The topological polar surface area (TPSA) is 20.2 Å². The van der Waals surface area contributed by atoms with Crippen LogP contribution < -0.4 is 0 Å². The van der Waals surface area contributed by atoms with Gasteiger partial charge in [-0.15, -0.1) is 11.8 Å². The number of hydrogen-bond donors (Lipinski definition) is 1. The van der Waals surface area contributed by atoms with Gasteiger partial charge < -0.3 is 5.11 Å². The summed E-state index contributed by atoms with van der Waals surface area (Å²) in [6, 6.07) is 12.7. The lowest BCUT2D eigenvalue weighted by molar-refractivity contribution is 0.462. The maximum absolute atomic E-state index is 9.63. The fraction of sp³-hybridized carbons (Fsp3) is 0.0769. The van der Waals surface area contributed by atoms with Crippen LogP contribution >= 0.6 is 35.0 Å². The summed E-state index contributed by atoms with van der Waals surface area (Å²) >= 11 is 13.4. The molecule has 0 aliphatic heterocycles. The minimum atomic E-state index is 0.294. The van der Waals surface area contributed by atoms with E-state index in [2.05, 4.69) is 0 Å². The van der Waals surface area contributed by atoms with Crippen LogP contribution in [0.25, 0.3) is 0 Å². The van der Waals surface area contributed by atoms with Crippen LogP contribution in [0.2, 0.25) is 10.0 Å². The third kappa shape index (κ3) is 3.32. The number of phenols is 1. The van der Waals surface area contributed by atoms with Crippen molar-refractivity contribution in [3.8, 4) is 5.75 Å². The van der Waals surface area contributed by atoms with E-state index >= 15 is 0 Å². The molecular weight excluding hydrogens is 275 g/mol. The molecule has 17 heavy (non-hydrogen) atoms. The lowest BCUT2D eigenvalue weighted by atomic mass is 10.2. The zero-order valence-electron chi connectivity index (χ0n) is 8.86. The number of halogens is 2. The summed E-state index contributed by atoms with van der Waals surface area (Å²) in [7, 11) is 0. The van der Waals surface area contributed by atoms with Gasteiger partial charge in [-0.1, -0.05) is 41.4 Å². The number of rotatable bonds is 3. The van der Waals surface area contributed by atoms with Gasteiger partial charge in [0.05, 0.1) is 0 Å². The van der Waals surface area contributed by atoms with Crippen molar-refractivity contribution >= 4 is 35.0 Å². The molecule has 0 aliphatic rings. The molecular formula is C13H10Cl2OS. The summed E-state index contributed by atoms with van der Waals surface area (Å²) in [6.07, 6.45) is 0. The van der Waals surface area contributed by atoms with E-state index in [0.29, 0.717) is 21.5 Å². The van der Waals surface area contributed by atoms with Crippen molar-refractivity contribution in [1.82, 2.24) is 0 Å². The van der Waals surface area contributed by atoms with Gasteiger partial charge in [-0.25, -0.2) is 0 Å². The summed E-state index contributed by atoms with van der Waals surface area (Å²) < 4.78 is 0. The SMILES string of the molecule is Oc1ccccc1SCc1ccc(Cl)cc1Cl. The van der Waals surface area contributed by atoms with E-state index in [9.17, 15) is 5.11 Å². The first-order valence-electron chi connectivity index (χ1n) is 5.01. The standard InChI is InChI=1S/C13H10Cl2OS/c14-10-6-5-9(11(15)7-10)8-17-13-4-2-1-3-12(13)16/h1-7,16H,8H2. The number of aromatic hydroxyl groups is 1. The molecule has 0 saturated carbocycles. The highest BCUT2D eigenvalue weighted by Gasteiger charge is 2.04. The van der Waals surface area contributed by atoms with Gasteiger partial charge in [0.2, 0.25) is 0 Å². The average Bonchev–Trinajstić information content (AvgIpc) is 2.30. The Bertz CT molecular complexity index is 529. The molecule has 2 rings (SSSR count). The van der Waals surface area contributed by atoms with Crippen LogP contribution in [0.15, 0.2) is 47.4 Å². The monoisotopic (exact) mass is 284 g/mol. The predicted octanol–water partition coefficient (Wildman–Crippen LogP) is 4.99. The molecule has 0 fully saturated rings. The van der Waals surface area contributed by atoms with Crippen molar-refractivity contribution in [3.63, 3.8) is 0 Å². The van der Waals surface area contributed by atoms with E-state index in [1.54, 1.807) is 30.0 Å². The van der Waals surface area contributed by atoms with Gasteiger partial charge in [0.25, 0.3) is 0 Å². The minimum absolute atomic E-state index is 0.294. The van der Waals surface area contributed by atoms with Gasteiger partial charge in [0, 0.05) is 20.7 Å². The summed E-state index contributed by atoms with van der Waals surface area (Å²) in [5, 5.41) is 10.9. The van der Waals surface area contributed by atoms with E-state index in [-0.39, 0.29) is 0 Å². The maximum Gasteiger partial charge on any atom is 0.129 e. The molecule has 1 nitrogen and oxygen atoms in total. The Morgan fingerprint density at radius 2 is 1.82 bits per heavy atom. The van der Waals surface area contributed by atoms with Gasteiger partial charge in [0.1, 0.15) is 5.75 Å². The van der Waals surface area contributed by atoms with Crippen LogP contribution in [0.1, 0.15) is 5.56 Å². The first-order valence-corrected chi connectivity index (χ1v) is 6.75. The normalized spacial score (nSPS) is 10.5. The van der Waals surface area contributed by atoms with Crippen LogP contribution in [-0.4, -0.2) is 5.11 Å². The molecule has 0 amide bonds. The van der Waals surface area contributed by atoms with E-state index in [0.717, 1.165) is 10.5 Å². The number of hydrogen-bond acceptors (Lipinski definition) is 2. The molecule has 0 bridgehead atoms. The van der Waals surface area contributed by atoms with Gasteiger partial charge >= 0.3 is 0 Å². The summed E-state index contributed by atoms with van der Waals surface area (Å²) in [5.41, 5.74) is 1.00. The van der Waals surface area contributed by atoms with Crippen molar-refractivity contribution in [3.05, 3.63) is 58.1 Å². The van der Waals surface area contributed by atoms with Crippen LogP contribution in [0.3, 0.4) is 0 Å². The summed E-state index contributed by atoms with van der Waals surface area (Å²) in [5.74, 6) is 0.996. The zero-order valence-corrected chi connectivity index (χ0v) is 11.2. The van der Waals surface area contributed by atoms with Crippen molar-refractivity contribution in [2.45, 2.75) is 10.6 Å². The molecule has 0 unspecified atom stereocenters. The Morgan fingerprint density at radius 1 is 1.06 bits per heavy atom. The Morgan fingerprint density at radius 3 is 2.53 bits per heavy atom. The Kier molecular flexibility index (Phi) is 4.21. The molecule has 88 valence electrons. The van der Waals surface area contributed by atoms with Crippen LogP contribution in [0.4, 0.5) is 0 Å². The fourth-order valence-electron chi connectivity index (χ4n) is 1.37. The van der Waals surface area contributed by atoms with Gasteiger partial charge in [0.15, 0.2) is 0 Å². The number of thioether (sulfide) groups is 1. The molecule has 2 aromatic rings. The Labute approximate surface area is 114 Å². The van der Waals surface area contributed by atoms with E-state index in [1.807, 2.05) is 24.3 Å². The highest BCUT2D eigenvalue weighted by atomic mass is 35.5. The molecule has 0 atom stereocenters. The molecule has 2 aromatic carbocycles. The fourth-order valence-corrected chi connectivity index (χ4v) is 2.88. The predicted molar refractivity (Wildman–Crippen MR) is 74.1 cm³/mol. The highest BCUT2D eigenvalue weighted by Crippen LogP contribution is 2.32. The third-order valence-corrected chi connectivity index (χ3v) is 3.96. The second-order valence-electron chi connectivity index (χ2n) is 3.49. The molecule has 0 radical (unpaired) electrons. The first kappa shape index (κ1) is 12.6.